The second-order valence-corrected chi connectivity index (χ2v) is 4.69. The maximum Gasteiger partial charge on any atom is 0.108 e. The van der Waals surface area contributed by atoms with E-state index in [9.17, 15) is 19.8 Å². The third kappa shape index (κ3) is 3.00. The van der Waals surface area contributed by atoms with E-state index >= 15 is 0 Å². The number of hydrogen-bond acceptors (Lipinski definition) is 5. The summed E-state index contributed by atoms with van der Waals surface area (Å²) in [5.41, 5.74) is 0.0390. The molecular formula is C12H7BrN2O4-2. The van der Waals surface area contributed by atoms with Gasteiger partial charge in [0.25, 0.3) is 0 Å². The summed E-state index contributed by atoms with van der Waals surface area (Å²) < 4.78 is 1.94. The Morgan fingerprint density at radius 3 is 2.32 bits per heavy atom. The van der Waals surface area contributed by atoms with E-state index in [2.05, 4.69) is 21.0 Å². The first kappa shape index (κ1) is 13.3. The summed E-state index contributed by atoms with van der Waals surface area (Å²) in [5, 5.41) is 25.3. The molecule has 0 saturated carbocycles. The third-order valence-electron chi connectivity index (χ3n) is 2.44. The van der Waals surface area contributed by atoms with E-state index in [0.717, 1.165) is 20.8 Å². The van der Waals surface area contributed by atoms with Gasteiger partial charge in [-0.15, -0.1) is 0 Å². The molecule has 0 radical (unpaired) electrons. The molecule has 19 heavy (non-hydrogen) atoms. The maximum absolute atomic E-state index is 10.9. The van der Waals surface area contributed by atoms with Crippen LogP contribution in [0, 0.1) is 0 Å². The van der Waals surface area contributed by atoms with Crippen molar-refractivity contribution in [1.82, 2.24) is 9.78 Å². The number of carboxylic acids is 2. The first-order valence-electron chi connectivity index (χ1n) is 5.22. The van der Waals surface area contributed by atoms with Gasteiger partial charge in [-0.1, -0.05) is 28.1 Å². The van der Waals surface area contributed by atoms with Crippen LogP contribution >= 0.6 is 15.9 Å². The Bertz CT molecular complexity index is 634. The lowest BCUT2D eigenvalue weighted by molar-refractivity contribution is -0.256. The van der Waals surface area contributed by atoms with Crippen molar-refractivity contribution < 1.29 is 19.8 Å². The number of rotatable bonds is 4. The van der Waals surface area contributed by atoms with Gasteiger partial charge in [0.2, 0.25) is 0 Å². The van der Waals surface area contributed by atoms with Gasteiger partial charge in [-0.25, -0.2) is 0 Å². The molecule has 0 atom stereocenters. The van der Waals surface area contributed by atoms with Gasteiger partial charge in [-0.2, -0.15) is 5.10 Å². The van der Waals surface area contributed by atoms with E-state index in [-0.39, 0.29) is 12.2 Å². The zero-order chi connectivity index (χ0) is 14.0. The molecule has 98 valence electrons. The van der Waals surface area contributed by atoms with Gasteiger partial charge in [-0.05, 0) is 23.8 Å². The van der Waals surface area contributed by atoms with Gasteiger partial charge in [-0.3, -0.25) is 4.68 Å². The summed E-state index contributed by atoms with van der Waals surface area (Å²) >= 11 is 3.28. The molecule has 0 N–H and O–H groups in total. The number of benzene rings is 1. The predicted octanol–water partition coefficient (Wildman–Crippen LogP) is -0.579. The van der Waals surface area contributed by atoms with E-state index in [1.807, 2.05) is 0 Å². The molecule has 0 aliphatic rings. The largest absolute Gasteiger partial charge is 0.543 e. The molecule has 0 saturated heterocycles. The zero-order valence-electron chi connectivity index (χ0n) is 9.50. The molecule has 0 aliphatic carbocycles. The minimum atomic E-state index is -1.53. The molecule has 6 nitrogen and oxygen atoms in total. The Morgan fingerprint density at radius 2 is 1.79 bits per heavy atom. The normalized spacial score (nSPS) is 10.4. The summed E-state index contributed by atoms with van der Waals surface area (Å²) in [6.07, 6.45) is 0. The van der Waals surface area contributed by atoms with Crippen LogP contribution in [0.1, 0.15) is 26.5 Å². The van der Waals surface area contributed by atoms with Crippen molar-refractivity contribution in [2.24, 2.45) is 0 Å². The minimum Gasteiger partial charge on any atom is -0.543 e. The Morgan fingerprint density at radius 1 is 1.16 bits per heavy atom. The maximum atomic E-state index is 10.9. The highest BCUT2D eigenvalue weighted by atomic mass is 79.9. The van der Waals surface area contributed by atoms with Crippen molar-refractivity contribution in [2.75, 3.05) is 0 Å². The first-order valence-corrected chi connectivity index (χ1v) is 6.01. The van der Waals surface area contributed by atoms with Crippen LogP contribution in [0.25, 0.3) is 0 Å². The molecular weight excluding hydrogens is 316 g/mol. The molecule has 0 bridgehead atoms. The Kier molecular flexibility index (Phi) is 3.66. The van der Waals surface area contributed by atoms with Crippen LogP contribution in [0.4, 0.5) is 0 Å². The van der Waals surface area contributed by atoms with Gasteiger partial charge in [0.05, 0.1) is 24.2 Å². The number of aromatic carboxylic acids is 2. The average Bonchev–Trinajstić information content (AvgIpc) is 2.76. The summed E-state index contributed by atoms with van der Waals surface area (Å²) in [6, 6.07) is 8.03. The zero-order valence-corrected chi connectivity index (χ0v) is 11.1. The highest BCUT2D eigenvalue weighted by Crippen LogP contribution is 2.13. The first-order chi connectivity index (χ1) is 8.97. The fourth-order valence-electron chi connectivity index (χ4n) is 1.56. The molecule has 1 aromatic carbocycles. The lowest BCUT2D eigenvalue weighted by atomic mass is 10.2. The van der Waals surface area contributed by atoms with Crippen LogP contribution in [0.15, 0.2) is 34.8 Å². The lowest BCUT2D eigenvalue weighted by Gasteiger charge is -2.08. The average molecular weight is 323 g/mol. The van der Waals surface area contributed by atoms with E-state index < -0.39 is 17.6 Å². The number of aromatic nitrogens is 2. The van der Waals surface area contributed by atoms with E-state index in [0.29, 0.717) is 0 Å². The fourth-order valence-corrected chi connectivity index (χ4v) is 1.83. The quantitative estimate of drug-likeness (QED) is 0.750. The summed E-state index contributed by atoms with van der Waals surface area (Å²) in [5.74, 6) is -3.02. The van der Waals surface area contributed by atoms with Gasteiger partial charge in [0, 0.05) is 4.47 Å². The highest BCUT2D eigenvalue weighted by molar-refractivity contribution is 9.10. The molecule has 1 aromatic heterocycles. The van der Waals surface area contributed by atoms with E-state index in [1.165, 1.54) is 0 Å². The van der Waals surface area contributed by atoms with Crippen LogP contribution in [0.3, 0.4) is 0 Å². The lowest BCUT2D eigenvalue weighted by Crippen LogP contribution is -2.26. The highest BCUT2D eigenvalue weighted by Gasteiger charge is 2.10. The van der Waals surface area contributed by atoms with Crippen LogP contribution in [0.2, 0.25) is 0 Å². The van der Waals surface area contributed by atoms with E-state index in [4.69, 9.17) is 0 Å². The Labute approximate surface area is 116 Å². The smallest absolute Gasteiger partial charge is 0.108 e. The number of carbonyl (C=O) groups is 2. The van der Waals surface area contributed by atoms with Crippen molar-refractivity contribution in [3.63, 3.8) is 0 Å². The number of carboxylic acid groups (broad SMARTS) is 2. The van der Waals surface area contributed by atoms with Crippen molar-refractivity contribution in [2.45, 2.75) is 6.54 Å². The molecule has 0 amide bonds. The second-order valence-electron chi connectivity index (χ2n) is 3.77. The summed E-state index contributed by atoms with van der Waals surface area (Å²) in [6.45, 7) is 0.129. The fraction of sp³-hybridized carbons (Fsp3) is 0.0833. The van der Waals surface area contributed by atoms with E-state index in [1.54, 1.807) is 24.3 Å². The van der Waals surface area contributed by atoms with Gasteiger partial charge >= 0.3 is 0 Å². The van der Waals surface area contributed by atoms with Crippen LogP contribution in [-0.4, -0.2) is 21.7 Å². The standard InChI is InChI=1S/C12H9BrN2O4/c13-8-3-1-7(2-4-8)6-15-10(12(18)19)5-9(14-15)11(16)17/h1-5H,6H2,(H,16,17)(H,18,19)/p-2. The van der Waals surface area contributed by atoms with Gasteiger partial charge in [0.15, 0.2) is 0 Å². The SMILES string of the molecule is O=C([O-])c1cc(C(=O)[O-])n(Cc2ccc(Br)cc2)n1. The molecule has 0 unspecified atom stereocenters. The molecule has 1 heterocycles. The monoisotopic (exact) mass is 322 g/mol. The molecule has 2 aromatic rings. The molecule has 7 heteroatoms. The van der Waals surface area contributed by atoms with Gasteiger partial charge in [0.1, 0.15) is 5.69 Å². The van der Waals surface area contributed by atoms with Crippen LogP contribution in [0.5, 0.6) is 0 Å². The summed E-state index contributed by atoms with van der Waals surface area (Å²) in [7, 11) is 0. The number of halogens is 1. The Hall–Kier alpha value is -2.15. The predicted molar refractivity (Wildman–Crippen MR) is 64.1 cm³/mol. The molecule has 0 aliphatic heterocycles. The summed E-state index contributed by atoms with van der Waals surface area (Å²) in [4.78, 5) is 21.6. The number of hydrogen-bond donors (Lipinski definition) is 0. The van der Waals surface area contributed by atoms with Crippen molar-refractivity contribution >= 4 is 27.9 Å². The van der Waals surface area contributed by atoms with Crippen molar-refractivity contribution in [3.8, 4) is 0 Å². The number of nitrogens with zero attached hydrogens (tertiary/aromatic N) is 2. The minimum absolute atomic E-state index is 0.129. The number of carbonyl (C=O) groups excluding carboxylic acids is 2. The Balaban J connectivity index is 2.35. The molecule has 0 spiro atoms. The van der Waals surface area contributed by atoms with Crippen LogP contribution < -0.4 is 10.2 Å². The molecule has 0 fully saturated rings. The molecule has 2 rings (SSSR count). The third-order valence-corrected chi connectivity index (χ3v) is 2.97. The van der Waals surface area contributed by atoms with Crippen LogP contribution in [-0.2, 0) is 6.54 Å². The van der Waals surface area contributed by atoms with Crippen molar-refractivity contribution in [3.05, 3.63) is 51.8 Å². The second kappa shape index (κ2) is 5.23. The topological polar surface area (TPSA) is 98.1 Å². The van der Waals surface area contributed by atoms with Gasteiger partial charge < -0.3 is 19.8 Å². The van der Waals surface area contributed by atoms with Crippen molar-refractivity contribution in [1.29, 1.82) is 0 Å².